The first-order valence-electron chi connectivity index (χ1n) is 7.03. The van der Waals surface area contributed by atoms with E-state index in [-0.39, 0.29) is 5.71 Å². The standard InChI is InChI=1S/C9H5ClN4.C8H5ClN4/c10-7-2-1-3-8(4-7)13-14-9(5-11)6-12;9-7-2-1-3-8(4-7)13-12-6-11-5-10/h1-4,13H;1-4,13H. The topological polar surface area (TPSA) is 133 Å². The fourth-order valence-corrected chi connectivity index (χ4v) is 1.83. The minimum absolute atomic E-state index is 0.232. The summed E-state index contributed by atoms with van der Waals surface area (Å²) in [7, 11) is 0. The highest BCUT2D eigenvalue weighted by atomic mass is 35.5. The fraction of sp³-hybridized carbons (Fsp3) is 0. The van der Waals surface area contributed by atoms with Crippen LogP contribution >= 0.6 is 23.2 Å². The predicted molar refractivity (Wildman–Crippen MR) is 104 cm³/mol. The normalized spacial score (nSPS) is 8.11. The van der Waals surface area contributed by atoms with Gasteiger partial charge in [0.15, 0.2) is 0 Å². The van der Waals surface area contributed by atoms with Crippen LogP contribution in [0.5, 0.6) is 0 Å². The Kier molecular flexibility index (Phi) is 9.80. The van der Waals surface area contributed by atoms with Crippen molar-refractivity contribution < 1.29 is 0 Å². The van der Waals surface area contributed by atoms with Gasteiger partial charge in [0, 0.05) is 10.0 Å². The second kappa shape index (κ2) is 12.5. The zero-order chi connectivity index (χ0) is 19.9. The first-order valence-corrected chi connectivity index (χ1v) is 7.79. The molecule has 0 radical (unpaired) electrons. The molecule has 0 saturated heterocycles. The summed E-state index contributed by atoms with van der Waals surface area (Å²) < 4.78 is 0. The van der Waals surface area contributed by atoms with E-state index < -0.39 is 0 Å². The van der Waals surface area contributed by atoms with Crippen LogP contribution in [0.15, 0.2) is 63.7 Å². The quantitative estimate of drug-likeness (QED) is 0.446. The zero-order valence-electron chi connectivity index (χ0n) is 13.6. The van der Waals surface area contributed by atoms with E-state index in [2.05, 4.69) is 32.1 Å². The Balaban J connectivity index is 0.000000271. The van der Waals surface area contributed by atoms with E-state index in [4.69, 9.17) is 39.0 Å². The molecule has 2 aromatic rings. The van der Waals surface area contributed by atoms with Gasteiger partial charge in [-0.2, -0.15) is 20.9 Å². The van der Waals surface area contributed by atoms with Crippen LogP contribution in [0.4, 0.5) is 11.4 Å². The van der Waals surface area contributed by atoms with E-state index in [1.54, 1.807) is 60.7 Å². The Bertz CT molecular complexity index is 973. The minimum atomic E-state index is -0.232. The van der Waals surface area contributed by atoms with E-state index in [0.29, 0.717) is 21.4 Å². The number of nitrogens with zero attached hydrogens (tertiary/aromatic N) is 6. The molecule has 0 aliphatic heterocycles. The Morgan fingerprint density at radius 2 is 1.41 bits per heavy atom. The van der Waals surface area contributed by atoms with Crippen LogP contribution in [0.1, 0.15) is 0 Å². The summed E-state index contributed by atoms with van der Waals surface area (Å²) in [5.41, 5.74) is 6.26. The number of anilines is 2. The molecule has 2 N–H and O–H groups in total. The molecule has 0 saturated carbocycles. The average Bonchev–Trinajstić information content (AvgIpc) is 2.67. The van der Waals surface area contributed by atoms with E-state index >= 15 is 0 Å². The van der Waals surface area contributed by atoms with Crippen molar-refractivity contribution in [1.82, 2.24) is 0 Å². The number of aliphatic imine (C=N–C) groups is 1. The number of hydrogen-bond acceptors (Lipinski definition) is 8. The lowest BCUT2D eigenvalue weighted by Gasteiger charge is -1.98. The van der Waals surface area contributed by atoms with Gasteiger partial charge in [-0.1, -0.05) is 35.3 Å². The molecule has 0 spiro atoms. The van der Waals surface area contributed by atoms with Crippen molar-refractivity contribution >= 4 is 46.3 Å². The Labute approximate surface area is 165 Å². The molecule has 0 heterocycles. The molecule has 27 heavy (non-hydrogen) atoms. The summed E-state index contributed by atoms with van der Waals surface area (Å²) in [6, 6.07) is 19.2. The molecule has 0 aliphatic carbocycles. The third-order valence-electron chi connectivity index (χ3n) is 2.49. The van der Waals surface area contributed by atoms with Crippen molar-refractivity contribution in [3.8, 4) is 18.3 Å². The van der Waals surface area contributed by atoms with Gasteiger partial charge < -0.3 is 0 Å². The first kappa shape index (κ1) is 21.2. The lowest BCUT2D eigenvalue weighted by Crippen LogP contribution is -1.95. The van der Waals surface area contributed by atoms with Crippen LogP contribution in [0, 0.1) is 34.1 Å². The van der Waals surface area contributed by atoms with Crippen LogP contribution in [-0.2, 0) is 0 Å². The average molecular weight is 397 g/mol. The molecule has 0 atom stereocenters. The van der Waals surface area contributed by atoms with Gasteiger partial charge in [0.05, 0.1) is 11.4 Å². The number of nitrogens with one attached hydrogen (secondary N) is 2. The highest BCUT2D eigenvalue weighted by Gasteiger charge is 1.94. The summed E-state index contributed by atoms with van der Waals surface area (Å²) in [4.78, 5) is 3.10. The van der Waals surface area contributed by atoms with Crippen molar-refractivity contribution in [1.29, 1.82) is 15.8 Å². The molecule has 0 aliphatic rings. The van der Waals surface area contributed by atoms with Crippen molar-refractivity contribution in [2.75, 3.05) is 10.9 Å². The molecule has 132 valence electrons. The van der Waals surface area contributed by atoms with E-state index in [0.717, 1.165) is 0 Å². The molecular formula is C17H10Cl2N8. The van der Waals surface area contributed by atoms with E-state index in [1.807, 2.05) is 0 Å². The van der Waals surface area contributed by atoms with Crippen molar-refractivity contribution in [2.24, 2.45) is 15.2 Å². The highest BCUT2D eigenvalue weighted by molar-refractivity contribution is 6.31. The number of halogens is 2. The minimum Gasteiger partial charge on any atom is -0.276 e. The third kappa shape index (κ3) is 9.26. The molecule has 2 aromatic carbocycles. The summed E-state index contributed by atoms with van der Waals surface area (Å²) >= 11 is 11.4. The lowest BCUT2D eigenvalue weighted by molar-refractivity contribution is 1.34. The van der Waals surface area contributed by atoms with Gasteiger partial charge in [0.2, 0.25) is 11.9 Å². The smallest absolute Gasteiger partial charge is 0.237 e. The fourth-order valence-electron chi connectivity index (χ4n) is 1.45. The van der Waals surface area contributed by atoms with Crippen LogP contribution in [-0.4, -0.2) is 11.7 Å². The van der Waals surface area contributed by atoms with Gasteiger partial charge in [-0.15, -0.1) is 10.1 Å². The van der Waals surface area contributed by atoms with Crippen molar-refractivity contribution in [2.45, 2.75) is 0 Å². The second-order valence-electron chi connectivity index (χ2n) is 4.35. The van der Waals surface area contributed by atoms with Gasteiger partial charge in [-0.25, -0.2) is 0 Å². The molecule has 0 unspecified atom stereocenters. The van der Waals surface area contributed by atoms with Gasteiger partial charge in [0.25, 0.3) is 0 Å². The molecule has 0 amide bonds. The van der Waals surface area contributed by atoms with Gasteiger partial charge >= 0.3 is 0 Å². The highest BCUT2D eigenvalue weighted by Crippen LogP contribution is 2.15. The van der Waals surface area contributed by atoms with Gasteiger partial charge in [-0.05, 0) is 36.4 Å². The van der Waals surface area contributed by atoms with Crippen LogP contribution in [0.2, 0.25) is 10.0 Å². The monoisotopic (exact) mass is 396 g/mol. The molecule has 2 rings (SSSR count). The molecule has 0 bridgehead atoms. The largest absolute Gasteiger partial charge is 0.276 e. The van der Waals surface area contributed by atoms with Crippen molar-refractivity contribution in [3.05, 3.63) is 58.6 Å². The number of rotatable bonds is 4. The summed E-state index contributed by atoms with van der Waals surface area (Å²) in [6.45, 7) is 0. The Morgan fingerprint density at radius 3 is 1.89 bits per heavy atom. The molecule has 8 nitrogen and oxygen atoms in total. The number of nitriles is 3. The van der Waals surface area contributed by atoms with Gasteiger partial charge in [-0.3, -0.25) is 10.9 Å². The van der Waals surface area contributed by atoms with Crippen LogP contribution in [0.3, 0.4) is 0 Å². The molecule has 10 heteroatoms. The van der Waals surface area contributed by atoms with Crippen LogP contribution < -0.4 is 10.9 Å². The van der Waals surface area contributed by atoms with E-state index in [1.165, 1.54) is 6.19 Å². The van der Waals surface area contributed by atoms with Crippen molar-refractivity contribution in [3.63, 3.8) is 0 Å². The second-order valence-corrected chi connectivity index (χ2v) is 5.22. The third-order valence-corrected chi connectivity index (χ3v) is 2.96. The number of hydrogen-bond donors (Lipinski definition) is 2. The maximum Gasteiger partial charge on any atom is 0.237 e. The predicted octanol–water partition coefficient (Wildman–Crippen LogP) is 4.48. The molecule has 0 fully saturated rings. The zero-order valence-corrected chi connectivity index (χ0v) is 15.1. The number of benzene rings is 2. The van der Waals surface area contributed by atoms with E-state index in [9.17, 15) is 0 Å². The summed E-state index contributed by atoms with van der Waals surface area (Å²) in [5, 5.41) is 33.0. The Morgan fingerprint density at radius 1 is 0.852 bits per heavy atom. The molecular weight excluding hydrogens is 387 g/mol. The maximum absolute atomic E-state index is 8.39. The summed E-state index contributed by atoms with van der Waals surface area (Å²) in [6.07, 6.45) is 1.52. The number of hydrazone groups is 2. The van der Waals surface area contributed by atoms with Gasteiger partial charge in [0.1, 0.15) is 18.1 Å². The summed E-state index contributed by atoms with van der Waals surface area (Å²) in [5.74, 6) is 0. The SMILES string of the molecule is N#CC(C#N)=NNc1cccc(Cl)c1.N#CN=C=NNc1cccc(Cl)c1. The lowest BCUT2D eigenvalue weighted by atomic mass is 10.3. The van der Waals surface area contributed by atoms with Crippen LogP contribution in [0.25, 0.3) is 0 Å². The molecule has 0 aromatic heterocycles. The Hall–Kier alpha value is -3.86. The first-order chi connectivity index (χ1) is 13.1. The maximum atomic E-state index is 8.39.